The summed E-state index contributed by atoms with van der Waals surface area (Å²) >= 11 is 17.0. The van der Waals surface area contributed by atoms with E-state index in [0.29, 0.717) is 5.76 Å². The summed E-state index contributed by atoms with van der Waals surface area (Å²) in [5.74, 6) is 1.36. The van der Waals surface area contributed by atoms with Gasteiger partial charge < -0.3 is 9.15 Å². The topological polar surface area (TPSA) is 35.3 Å². The number of hydrogen-bond donors (Lipinski definition) is 0. The van der Waals surface area contributed by atoms with E-state index in [9.17, 15) is 0 Å². The fourth-order valence-corrected chi connectivity index (χ4v) is 1.65. The van der Waals surface area contributed by atoms with Gasteiger partial charge in [0.1, 0.15) is 11.5 Å². The number of ether oxygens (including phenoxy) is 1. The Kier molecular flexibility index (Phi) is 4.40. The minimum Gasteiger partial charge on any atom is -0.497 e. The molecule has 0 aliphatic rings. The lowest BCUT2D eigenvalue weighted by Gasteiger charge is -2.03. The number of aromatic nitrogens is 1. The van der Waals surface area contributed by atoms with E-state index in [1.165, 1.54) is 6.20 Å². The van der Waals surface area contributed by atoms with E-state index in [4.69, 9.17) is 44.0 Å². The zero-order valence-corrected chi connectivity index (χ0v) is 12.2. The standard InChI is InChI=1S/C13H10Cl3NO2/c1-18-10-5-2-9(3-6-10)4-7-11-8-17-12(19-11)13(14,15)16/h2-8H,1H3. The van der Waals surface area contributed by atoms with Crippen LogP contribution >= 0.6 is 34.8 Å². The highest BCUT2D eigenvalue weighted by Gasteiger charge is 2.28. The molecule has 0 fully saturated rings. The van der Waals surface area contributed by atoms with Gasteiger partial charge in [-0.3, -0.25) is 0 Å². The first kappa shape index (κ1) is 14.3. The average Bonchev–Trinajstić information content (AvgIpc) is 2.86. The monoisotopic (exact) mass is 317 g/mol. The van der Waals surface area contributed by atoms with Crippen LogP contribution < -0.4 is 4.74 Å². The number of halogens is 3. The zero-order valence-electron chi connectivity index (χ0n) is 9.94. The molecule has 0 atom stereocenters. The minimum absolute atomic E-state index is 0.0480. The highest BCUT2D eigenvalue weighted by molar-refractivity contribution is 6.66. The molecular weight excluding hydrogens is 309 g/mol. The van der Waals surface area contributed by atoms with Gasteiger partial charge in [0.25, 0.3) is 3.79 Å². The number of methoxy groups -OCH3 is 1. The normalized spacial score (nSPS) is 12.0. The van der Waals surface area contributed by atoms with Crippen LogP contribution in [0.2, 0.25) is 0 Å². The van der Waals surface area contributed by atoms with E-state index < -0.39 is 3.79 Å². The van der Waals surface area contributed by atoms with E-state index in [1.807, 2.05) is 30.3 Å². The second-order valence-electron chi connectivity index (χ2n) is 3.67. The van der Waals surface area contributed by atoms with Crippen molar-refractivity contribution in [2.24, 2.45) is 0 Å². The number of alkyl halides is 3. The van der Waals surface area contributed by atoms with Crippen LogP contribution in [0, 0.1) is 0 Å². The molecule has 0 spiro atoms. The molecule has 1 heterocycles. The number of rotatable bonds is 3. The first-order valence-corrected chi connectivity index (χ1v) is 6.47. The maximum atomic E-state index is 5.66. The zero-order chi connectivity index (χ0) is 13.9. The summed E-state index contributed by atoms with van der Waals surface area (Å²) in [5.41, 5.74) is 0.993. The predicted octanol–water partition coefficient (Wildman–Crippen LogP) is 4.68. The molecule has 1 aromatic heterocycles. The van der Waals surface area contributed by atoms with Crippen LogP contribution in [0.3, 0.4) is 0 Å². The molecule has 19 heavy (non-hydrogen) atoms. The average molecular weight is 319 g/mol. The van der Waals surface area contributed by atoms with Crippen LogP contribution in [-0.2, 0) is 3.79 Å². The van der Waals surface area contributed by atoms with E-state index in [2.05, 4.69) is 4.98 Å². The number of benzene rings is 1. The number of nitrogens with zero attached hydrogens (tertiary/aromatic N) is 1. The molecule has 0 saturated heterocycles. The van der Waals surface area contributed by atoms with Crippen molar-refractivity contribution in [2.45, 2.75) is 3.79 Å². The quantitative estimate of drug-likeness (QED) is 0.771. The largest absolute Gasteiger partial charge is 0.497 e. The third-order valence-electron chi connectivity index (χ3n) is 2.32. The van der Waals surface area contributed by atoms with Gasteiger partial charge in [-0.25, -0.2) is 4.98 Å². The minimum atomic E-state index is -1.65. The molecule has 0 N–H and O–H groups in total. The summed E-state index contributed by atoms with van der Waals surface area (Å²) in [4.78, 5) is 3.89. The molecular formula is C13H10Cl3NO2. The Hall–Kier alpha value is -1.16. The molecule has 0 radical (unpaired) electrons. The van der Waals surface area contributed by atoms with Crippen molar-refractivity contribution < 1.29 is 9.15 Å². The van der Waals surface area contributed by atoms with Crippen LogP contribution in [0.15, 0.2) is 34.9 Å². The highest BCUT2D eigenvalue weighted by atomic mass is 35.6. The maximum Gasteiger partial charge on any atom is 0.266 e. The third kappa shape index (κ3) is 3.90. The Morgan fingerprint density at radius 2 is 1.84 bits per heavy atom. The van der Waals surface area contributed by atoms with Crippen molar-refractivity contribution in [1.82, 2.24) is 4.98 Å². The molecule has 2 rings (SSSR count). The van der Waals surface area contributed by atoms with Crippen molar-refractivity contribution in [3.8, 4) is 5.75 Å². The fourth-order valence-electron chi connectivity index (χ4n) is 1.39. The Morgan fingerprint density at radius 1 is 1.16 bits per heavy atom. The van der Waals surface area contributed by atoms with Gasteiger partial charge in [-0.15, -0.1) is 0 Å². The number of hydrogen-bond acceptors (Lipinski definition) is 3. The van der Waals surface area contributed by atoms with Gasteiger partial charge in [-0.2, -0.15) is 0 Å². The molecule has 6 heteroatoms. The lowest BCUT2D eigenvalue weighted by atomic mass is 10.2. The summed E-state index contributed by atoms with van der Waals surface area (Å²) in [6, 6.07) is 7.57. The van der Waals surface area contributed by atoms with Crippen LogP contribution in [0.4, 0.5) is 0 Å². The van der Waals surface area contributed by atoms with E-state index in [-0.39, 0.29) is 5.89 Å². The van der Waals surface area contributed by atoms with Gasteiger partial charge in [-0.05, 0) is 23.8 Å². The lowest BCUT2D eigenvalue weighted by Crippen LogP contribution is -1.99. The molecule has 0 bridgehead atoms. The van der Waals surface area contributed by atoms with E-state index >= 15 is 0 Å². The summed E-state index contributed by atoms with van der Waals surface area (Å²) in [7, 11) is 1.62. The molecule has 0 amide bonds. The summed E-state index contributed by atoms with van der Waals surface area (Å²) in [6.07, 6.45) is 5.11. The first-order valence-electron chi connectivity index (χ1n) is 5.34. The fraction of sp³-hybridized carbons (Fsp3) is 0.154. The summed E-state index contributed by atoms with van der Waals surface area (Å²) < 4.78 is 8.73. The molecule has 0 aliphatic heterocycles. The maximum absolute atomic E-state index is 5.66. The first-order chi connectivity index (χ1) is 8.99. The molecule has 0 unspecified atom stereocenters. The van der Waals surface area contributed by atoms with E-state index in [1.54, 1.807) is 13.2 Å². The highest BCUT2D eigenvalue weighted by Crippen LogP contribution is 2.37. The van der Waals surface area contributed by atoms with Crippen LogP contribution in [-0.4, -0.2) is 12.1 Å². The van der Waals surface area contributed by atoms with Gasteiger partial charge in [0.15, 0.2) is 0 Å². The molecule has 3 nitrogen and oxygen atoms in total. The van der Waals surface area contributed by atoms with Gasteiger partial charge in [0, 0.05) is 0 Å². The van der Waals surface area contributed by atoms with Crippen molar-refractivity contribution in [2.75, 3.05) is 7.11 Å². The van der Waals surface area contributed by atoms with Crippen molar-refractivity contribution in [3.05, 3.63) is 47.7 Å². The van der Waals surface area contributed by atoms with Gasteiger partial charge in [0.2, 0.25) is 5.89 Å². The lowest BCUT2D eigenvalue weighted by molar-refractivity contribution is 0.415. The van der Waals surface area contributed by atoms with Crippen molar-refractivity contribution >= 4 is 47.0 Å². The summed E-state index contributed by atoms with van der Waals surface area (Å²) in [6.45, 7) is 0. The van der Waals surface area contributed by atoms with Crippen LogP contribution in [0.25, 0.3) is 12.2 Å². The molecule has 0 aliphatic carbocycles. The SMILES string of the molecule is COc1ccc(C=Cc2cnc(C(Cl)(Cl)Cl)o2)cc1. The second-order valence-corrected chi connectivity index (χ2v) is 5.95. The summed E-state index contributed by atoms with van der Waals surface area (Å²) in [5, 5.41) is 0. The van der Waals surface area contributed by atoms with Crippen molar-refractivity contribution in [3.63, 3.8) is 0 Å². The third-order valence-corrected chi connectivity index (χ3v) is 2.81. The Labute approximate surface area is 125 Å². The Morgan fingerprint density at radius 3 is 2.37 bits per heavy atom. The molecule has 1 aromatic carbocycles. The van der Waals surface area contributed by atoms with Gasteiger partial charge in [0.05, 0.1) is 13.3 Å². The smallest absolute Gasteiger partial charge is 0.266 e. The predicted molar refractivity (Wildman–Crippen MR) is 77.7 cm³/mol. The van der Waals surface area contributed by atoms with Crippen LogP contribution in [0.1, 0.15) is 17.2 Å². The van der Waals surface area contributed by atoms with E-state index in [0.717, 1.165) is 11.3 Å². The molecule has 2 aromatic rings. The Balaban J connectivity index is 2.11. The second kappa shape index (κ2) is 5.87. The Bertz CT molecular complexity index is 570. The molecule has 100 valence electrons. The number of oxazole rings is 1. The van der Waals surface area contributed by atoms with Crippen LogP contribution in [0.5, 0.6) is 5.75 Å². The van der Waals surface area contributed by atoms with Crippen molar-refractivity contribution in [1.29, 1.82) is 0 Å². The van der Waals surface area contributed by atoms with Gasteiger partial charge in [-0.1, -0.05) is 53.0 Å². The molecule has 0 saturated carbocycles. The van der Waals surface area contributed by atoms with Gasteiger partial charge >= 0.3 is 0 Å².